The third kappa shape index (κ3) is 3.85. The highest BCUT2D eigenvalue weighted by Gasteiger charge is 2.51. The summed E-state index contributed by atoms with van der Waals surface area (Å²) in [6, 6.07) is 5.25. The number of primary amides is 1. The topological polar surface area (TPSA) is 104 Å². The third-order valence-electron chi connectivity index (χ3n) is 5.57. The normalized spacial score (nSPS) is 22.5. The summed E-state index contributed by atoms with van der Waals surface area (Å²) in [5.41, 5.74) is 5.14. The number of ether oxygens (including phenoxy) is 2. The zero-order valence-corrected chi connectivity index (χ0v) is 17.0. The Kier molecular flexibility index (Phi) is 5.76. The van der Waals surface area contributed by atoms with Crippen LogP contribution in [-0.2, 0) is 9.53 Å². The van der Waals surface area contributed by atoms with Crippen molar-refractivity contribution in [1.29, 1.82) is 0 Å². The van der Waals surface area contributed by atoms with Crippen LogP contribution in [0.5, 0.6) is 5.75 Å². The van der Waals surface area contributed by atoms with Gasteiger partial charge in [0.1, 0.15) is 11.8 Å². The number of hydrogen-bond acceptors (Lipinski definition) is 5. The lowest BCUT2D eigenvalue weighted by Gasteiger charge is -2.25. The van der Waals surface area contributed by atoms with Crippen molar-refractivity contribution in [1.82, 2.24) is 4.98 Å². The van der Waals surface area contributed by atoms with E-state index in [0.29, 0.717) is 11.3 Å². The second-order valence-electron chi connectivity index (χ2n) is 7.72. The number of benzene rings is 1. The highest BCUT2D eigenvalue weighted by molar-refractivity contribution is 5.97. The van der Waals surface area contributed by atoms with E-state index < -0.39 is 41.1 Å². The Morgan fingerprint density at radius 2 is 1.97 bits per heavy atom. The summed E-state index contributed by atoms with van der Waals surface area (Å²) in [5.74, 6) is -4.50. The summed E-state index contributed by atoms with van der Waals surface area (Å²) in [6.07, 6.45) is 0.326. The molecule has 1 fully saturated rings. The number of nitrogens with two attached hydrogens (primary N) is 1. The molecule has 3 atom stereocenters. The minimum Gasteiger partial charge on any atom is -0.493 e. The number of pyridine rings is 1. The maximum Gasteiger partial charge on any atom is 0.267 e. The fourth-order valence-electron chi connectivity index (χ4n) is 3.72. The highest BCUT2D eigenvalue weighted by Crippen LogP contribution is 2.49. The molecule has 1 aliphatic rings. The number of halogens is 2. The first kappa shape index (κ1) is 21.6. The lowest BCUT2D eigenvalue weighted by molar-refractivity contribution is -0.131. The van der Waals surface area contributed by atoms with Gasteiger partial charge in [-0.25, -0.2) is 4.39 Å². The van der Waals surface area contributed by atoms with Crippen molar-refractivity contribution in [3.05, 3.63) is 53.4 Å². The van der Waals surface area contributed by atoms with Crippen LogP contribution in [0, 0.1) is 17.6 Å². The van der Waals surface area contributed by atoms with E-state index in [2.05, 4.69) is 10.3 Å². The Hall–Kier alpha value is -3.07. The van der Waals surface area contributed by atoms with Crippen LogP contribution in [-0.4, -0.2) is 35.6 Å². The number of rotatable bonds is 5. The average Bonchev–Trinajstić information content (AvgIpc) is 2.93. The molecule has 0 bridgehead atoms. The second-order valence-corrected chi connectivity index (χ2v) is 7.72. The smallest absolute Gasteiger partial charge is 0.267 e. The van der Waals surface area contributed by atoms with Crippen LogP contribution in [0.25, 0.3) is 0 Å². The summed E-state index contributed by atoms with van der Waals surface area (Å²) in [5, 5.41) is 2.68. The van der Waals surface area contributed by atoms with Gasteiger partial charge in [-0.1, -0.05) is 13.0 Å². The first-order valence-corrected chi connectivity index (χ1v) is 9.33. The predicted molar refractivity (Wildman–Crippen MR) is 105 cm³/mol. The Labute approximate surface area is 172 Å². The van der Waals surface area contributed by atoms with Gasteiger partial charge >= 0.3 is 0 Å². The van der Waals surface area contributed by atoms with Crippen LogP contribution >= 0.6 is 0 Å². The average molecular weight is 419 g/mol. The molecular weight excluding hydrogens is 396 g/mol. The minimum atomic E-state index is -1.12. The monoisotopic (exact) mass is 419 g/mol. The van der Waals surface area contributed by atoms with E-state index in [0.717, 1.165) is 6.07 Å². The van der Waals surface area contributed by atoms with Crippen molar-refractivity contribution in [2.75, 3.05) is 12.4 Å². The molecule has 1 aromatic heterocycles. The SMILES string of the molecule is COc1c([C@H]2C(C(=O)Nc3ccnc(C(N)=O)c3)OC(C)(C)[C@@H]2C)ccc(F)c1F. The fourth-order valence-corrected chi connectivity index (χ4v) is 3.72. The van der Waals surface area contributed by atoms with Crippen LogP contribution in [0.2, 0.25) is 0 Å². The highest BCUT2D eigenvalue weighted by atomic mass is 19.2. The first-order valence-electron chi connectivity index (χ1n) is 9.33. The quantitative estimate of drug-likeness (QED) is 0.776. The molecule has 0 saturated carbocycles. The van der Waals surface area contributed by atoms with Crippen molar-refractivity contribution in [2.45, 2.75) is 38.4 Å². The molecular formula is C21H23F2N3O4. The molecule has 3 N–H and O–H groups in total. The van der Waals surface area contributed by atoms with Gasteiger partial charge in [0.25, 0.3) is 11.8 Å². The molecule has 1 saturated heterocycles. The number of carbonyl (C=O) groups is 2. The van der Waals surface area contributed by atoms with Gasteiger partial charge in [-0.15, -0.1) is 0 Å². The van der Waals surface area contributed by atoms with E-state index in [1.807, 2.05) is 20.8 Å². The third-order valence-corrected chi connectivity index (χ3v) is 5.57. The van der Waals surface area contributed by atoms with Gasteiger partial charge in [-0.2, -0.15) is 4.39 Å². The fraction of sp³-hybridized carbons (Fsp3) is 0.381. The van der Waals surface area contributed by atoms with Gasteiger partial charge in [0.15, 0.2) is 11.6 Å². The molecule has 1 aromatic carbocycles. The molecule has 30 heavy (non-hydrogen) atoms. The molecule has 2 amide bonds. The second kappa shape index (κ2) is 7.98. The summed E-state index contributed by atoms with van der Waals surface area (Å²) in [4.78, 5) is 28.2. The number of carbonyl (C=O) groups excluding carboxylic acids is 2. The lowest BCUT2D eigenvalue weighted by atomic mass is 9.78. The van der Waals surface area contributed by atoms with Crippen molar-refractivity contribution in [3.8, 4) is 5.75 Å². The van der Waals surface area contributed by atoms with Crippen LogP contribution in [0.3, 0.4) is 0 Å². The molecule has 2 heterocycles. The summed E-state index contributed by atoms with van der Waals surface area (Å²) < 4.78 is 39.2. The zero-order valence-electron chi connectivity index (χ0n) is 17.0. The number of methoxy groups -OCH3 is 1. The van der Waals surface area contributed by atoms with E-state index in [4.69, 9.17) is 15.2 Å². The molecule has 0 aliphatic carbocycles. The molecule has 0 radical (unpaired) electrons. The number of anilines is 1. The van der Waals surface area contributed by atoms with Crippen molar-refractivity contribution < 1.29 is 27.8 Å². The molecule has 1 aliphatic heterocycles. The number of nitrogens with one attached hydrogen (secondary N) is 1. The van der Waals surface area contributed by atoms with E-state index in [1.54, 1.807) is 0 Å². The van der Waals surface area contributed by atoms with Gasteiger partial charge in [-0.05, 0) is 38.0 Å². The first-order chi connectivity index (χ1) is 14.1. The lowest BCUT2D eigenvalue weighted by Crippen LogP contribution is -2.33. The van der Waals surface area contributed by atoms with Crippen molar-refractivity contribution >= 4 is 17.5 Å². The molecule has 160 valence electrons. The zero-order chi connectivity index (χ0) is 22.2. The number of nitrogens with zero attached hydrogens (tertiary/aromatic N) is 1. The van der Waals surface area contributed by atoms with Crippen LogP contribution in [0.15, 0.2) is 30.5 Å². The van der Waals surface area contributed by atoms with Crippen LogP contribution in [0.1, 0.15) is 42.7 Å². The Morgan fingerprint density at radius 3 is 2.60 bits per heavy atom. The van der Waals surface area contributed by atoms with Crippen LogP contribution in [0.4, 0.5) is 14.5 Å². The molecule has 0 spiro atoms. The predicted octanol–water partition coefficient (Wildman–Crippen LogP) is 3.00. The van der Waals surface area contributed by atoms with Gasteiger partial charge < -0.3 is 20.5 Å². The molecule has 2 aromatic rings. The maximum atomic E-state index is 14.3. The van der Waals surface area contributed by atoms with E-state index in [9.17, 15) is 18.4 Å². The van der Waals surface area contributed by atoms with Crippen molar-refractivity contribution in [3.63, 3.8) is 0 Å². The van der Waals surface area contributed by atoms with Gasteiger partial charge in [0.05, 0.1) is 12.7 Å². The Morgan fingerprint density at radius 1 is 1.27 bits per heavy atom. The largest absolute Gasteiger partial charge is 0.493 e. The molecule has 1 unspecified atom stereocenters. The Bertz CT molecular complexity index is 996. The number of aromatic nitrogens is 1. The van der Waals surface area contributed by atoms with E-state index >= 15 is 0 Å². The molecule has 3 rings (SSSR count). The Balaban J connectivity index is 1.98. The van der Waals surface area contributed by atoms with Crippen molar-refractivity contribution in [2.24, 2.45) is 11.7 Å². The maximum absolute atomic E-state index is 14.3. The standard InChI is InChI=1S/C21H23F2N3O4/c1-10-15(12-5-6-13(22)16(23)17(12)29-4)18(30-21(10,2)3)20(28)26-11-7-8-25-14(9-11)19(24)27/h5-10,15,18H,1-4H3,(H2,24,27)(H,25,26,28)/t10-,15+,18?/m1/s1. The van der Waals surface area contributed by atoms with Gasteiger partial charge in [-0.3, -0.25) is 14.6 Å². The van der Waals surface area contributed by atoms with Crippen LogP contribution < -0.4 is 15.8 Å². The number of hydrogen-bond donors (Lipinski definition) is 2. The van der Waals surface area contributed by atoms with Gasteiger partial charge in [0.2, 0.25) is 5.82 Å². The minimum absolute atomic E-state index is 0.00679. The summed E-state index contributed by atoms with van der Waals surface area (Å²) >= 11 is 0. The van der Waals surface area contributed by atoms with E-state index in [-0.39, 0.29) is 17.4 Å². The molecule has 7 nitrogen and oxygen atoms in total. The molecule has 9 heteroatoms. The summed E-state index contributed by atoms with van der Waals surface area (Å²) in [6.45, 7) is 5.51. The van der Waals surface area contributed by atoms with E-state index in [1.165, 1.54) is 31.5 Å². The number of amides is 2. The van der Waals surface area contributed by atoms with Gasteiger partial charge in [0, 0.05) is 23.4 Å². The summed E-state index contributed by atoms with van der Waals surface area (Å²) in [7, 11) is 1.24.